The number of ether oxygens (including phenoxy) is 2. The van der Waals surface area contributed by atoms with Crippen molar-refractivity contribution in [2.75, 3.05) is 14.2 Å². The molecule has 0 N–H and O–H groups in total. The number of methoxy groups -OCH3 is 2. The van der Waals surface area contributed by atoms with Crippen LogP contribution in [0.2, 0.25) is 0 Å². The van der Waals surface area contributed by atoms with E-state index in [0.717, 1.165) is 20.3 Å². The molecule has 0 saturated carbocycles. The van der Waals surface area contributed by atoms with Crippen LogP contribution in [0, 0.1) is 0 Å². The molecule has 15 heavy (non-hydrogen) atoms. The third kappa shape index (κ3) is 2.74. The lowest BCUT2D eigenvalue weighted by atomic mass is 9.97. The van der Waals surface area contributed by atoms with Crippen LogP contribution in [0.25, 0.3) is 0 Å². The molecule has 0 aromatic heterocycles. The third-order valence-corrected chi connectivity index (χ3v) is 3.42. The smallest absolute Gasteiger partial charge is 0.139 e. The molecule has 1 aromatic rings. The zero-order valence-electron chi connectivity index (χ0n) is 9.23. The van der Waals surface area contributed by atoms with E-state index < -0.39 is 0 Å². The minimum Gasteiger partial charge on any atom is -0.495 e. The number of hydrogen-bond acceptors (Lipinski definition) is 2. The van der Waals surface area contributed by atoms with Gasteiger partial charge in [0, 0.05) is 17.1 Å². The van der Waals surface area contributed by atoms with Crippen molar-refractivity contribution in [3.8, 4) is 5.75 Å². The molecule has 0 atom stereocenters. The van der Waals surface area contributed by atoms with Gasteiger partial charge in [0.15, 0.2) is 0 Å². The van der Waals surface area contributed by atoms with Crippen LogP contribution >= 0.6 is 31.9 Å². The van der Waals surface area contributed by atoms with Crippen LogP contribution in [-0.2, 0) is 10.3 Å². The minimum absolute atomic E-state index is 0.377. The minimum atomic E-state index is -0.377. The van der Waals surface area contributed by atoms with Crippen molar-refractivity contribution < 1.29 is 9.47 Å². The first-order valence-corrected chi connectivity index (χ1v) is 6.09. The van der Waals surface area contributed by atoms with Gasteiger partial charge in [0.25, 0.3) is 0 Å². The second kappa shape index (κ2) is 4.85. The van der Waals surface area contributed by atoms with Gasteiger partial charge < -0.3 is 9.47 Å². The highest BCUT2D eigenvalue weighted by Gasteiger charge is 2.25. The number of rotatable bonds is 3. The summed E-state index contributed by atoms with van der Waals surface area (Å²) < 4.78 is 12.7. The van der Waals surface area contributed by atoms with E-state index in [-0.39, 0.29) is 5.60 Å². The number of hydrogen-bond donors (Lipinski definition) is 0. The molecule has 0 saturated heterocycles. The van der Waals surface area contributed by atoms with Gasteiger partial charge in [0.1, 0.15) is 5.75 Å². The lowest BCUT2D eigenvalue weighted by molar-refractivity contribution is 0.0171. The van der Waals surface area contributed by atoms with E-state index in [0.29, 0.717) is 0 Å². The maximum atomic E-state index is 5.45. The first-order chi connectivity index (χ1) is 6.92. The molecule has 0 amide bonds. The van der Waals surface area contributed by atoms with Gasteiger partial charge in [-0.25, -0.2) is 0 Å². The summed E-state index contributed by atoms with van der Waals surface area (Å²) in [4.78, 5) is 0. The van der Waals surface area contributed by atoms with E-state index in [1.165, 1.54) is 0 Å². The van der Waals surface area contributed by atoms with E-state index in [1.807, 2.05) is 26.0 Å². The van der Waals surface area contributed by atoms with E-state index in [4.69, 9.17) is 9.47 Å². The van der Waals surface area contributed by atoms with Crippen LogP contribution in [0.1, 0.15) is 19.4 Å². The molecular weight excluding hydrogens is 324 g/mol. The number of benzene rings is 1. The molecule has 1 aromatic carbocycles. The van der Waals surface area contributed by atoms with Crippen molar-refractivity contribution in [3.63, 3.8) is 0 Å². The molecule has 0 fully saturated rings. The average Bonchev–Trinajstić information content (AvgIpc) is 2.16. The Morgan fingerprint density at radius 1 is 1.13 bits per heavy atom. The predicted molar refractivity (Wildman–Crippen MR) is 68.4 cm³/mol. The Hall–Kier alpha value is -0.0600. The molecule has 0 heterocycles. The summed E-state index contributed by atoms with van der Waals surface area (Å²) in [5.41, 5.74) is 0.631. The summed E-state index contributed by atoms with van der Waals surface area (Å²) in [6.07, 6.45) is 0. The summed E-state index contributed by atoms with van der Waals surface area (Å²) in [6, 6.07) is 3.96. The van der Waals surface area contributed by atoms with E-state index in [9.17, 15) is 0 Å². The fourth-order valence-corrected chi connectivity index (χ4v) is 2.71. The largest absolute Gasteiger partial charge is 0.495 e. The quantitative estimate of drug-likeness (QED) is 0.826. The zero-order chi connectivity index (χ0) is 11.6. The summed E-state index contributed by atoms with van der Waals surface area (Å²) in [7, 11) is 3.34. The van der Waals surface area contributed by atoms with Crippen molar-refractivity contribution in [2.45, 2.75) is 19.4 Å². The highest BCUT2D eigenvalue weighted by atomic mass is 79.9. The molecule has 0 aliphatic carbocycles. The summed E-state index contributed by atoms with van der Waals surface area (Å²) in [5.74, 6) is 0.810. The van der Waals surface area contributed by atoms with Gasteiger partial charge in [-0.1, -0.05) is 15.9 Å². The Labute approximate surface area is 107 Å². The summed E-state index contributed by atoms with van der Waals surface area (Å²) >= 11 is 6.93. The van der Waals surface area contributed by atoms with E-state index >= 15 is 0 Å². The lowest BCUT2D eigenvalue weighted by Gasteiger charge is -2.26. The van der Waals surface area contributed by atoms with Crippen molar-refractivity contribution >= 4 is 31.9 Å². The molecule has 0 spiro atoms. The lowest BCUT2D eigenvalue weighted by Crippen LogP contribution is -2.20. The van der Waals surface area contributed by atoms with Crippen LogP contribution in [0.5, 0.6) is 5.75 Å². The van der Waals surface area contributed by atoms with Crippen LogP contribution in [0.15, 0.2) is 21.1 Å². The van der Waals surface area contributed by atoms with Crippen LogP contribution in [-0.4, -0.2) is 14.2 Å². The Morgan fingerprint density at radius 2 is 1.73 bits per heavy atom. The first kappa shape index (κ1) is 13.0. The Bertz CT molecular complexity index is 362. The maximum absolute atomic E-state index is 5.45. The summed E-state index contributed by atoms with van der Waals surface area (Å²) in [6.45, 7) is 4.01. The average molecular weight is 338 g/mol. The number of halogens is 2. The Morgan fingerprint density at radius 3 is 2.20 bits per heavy atom. The second-order valence-corrected chi connectivity index (χ2v) is 5.45. The molecule has 0 aliphatic rings. The molecule has 1 rings (SSSR count). The SMILES string of the molecule is COc1c(Br)cc(Br)cc1C(C)(C)OC. The third-order valence-electron chi connectivity index (χ3n) is 2.37. The van der Waals surface area contributed by atoms with Gasteiger partial charge in [-0.05, 0) is 41.9 Å². The zero-order valence-corrected chi connectivity index (χ0v) is 12.4. The first-order valence-electron chi connectivity index (χ1n) is 4.51. The van der Waals surface area contributed by atoms with Gasteiger partial charge in [-0.3, -0.25) is 0 Å². The van der Waals surface area contributed by atoms with Crippen LogP contribution < -0.4 is 4.74 Å². The molecule has 0 unspecified atom stereocenters. The van der Waals surface area contributed by atoms with Gasteiger partial charge >= 0.3 is 0 Å². The maximum Gasteiger partial charge on any atom is 0.139 e. The normalized spacial score (nSPS) is 11.6. The van der Waals surface area contributed by atoms with Crippen LogP contribution in [0.3, 0.4) is 0 Å². The topological polar surface area (TPSA) is 18.5 Å². The molecule has 0 aliphatic heterocycles. The fourth-order valence-electron chi connectivity index (χ4n) is 1.32. The molecule has 84 valence electrons. The molecule has 2 nitrogen and oxygen atoms in total. The van der Waals surface area contributed by atoms with Gasteiger partial charge in [-0.2, -0.15) is 0 Å². The Kier molecular flexibility index (Phi) is 4.20. The standard InChI is InChI=1S/C11H14Br2O2/c1-11(2,15-4)8-5-7(12)6-9(13)10(8)14-3/h5-6H,1-4H3. The fraction of sp³-hybridized carbons (Fsp3) is 0.455. The van der Waals surface area contributed by atoms with Gasteiger partial charge in [0.2, 0.25) is 0 Å². The molecule has 0 radical (unpaired) electrons. The predicted octanol–water partition coefficient (Wildman–Crippen LogP) is 4.10. The Balaban J connectivity index is 3.39. The highest BCUT2D eigenvalue weighted by Crippen LogP contribution is 2.39. The summed E-state index contributed by atoms with van der Waals surface area (Å²) in [5, 5.41) is 0. The molecule has 4 heteroatoms. The van der Waals surface area contributed by atoms with Crippen LogP contribution in [0.4, 0.5) is 0 Å². The van der Waals surface area contributed by atoms with Gasteiger partial charge in [0.05, 0.1) is 17.2 Å². The van der Waals surface area contributed by atoms with Crippen molar-refractivity contribution in [3.05, 3.63) is 26.6 Å². The van der Waals surface area contributed by atoms with Gasteiger partial charge in [-0.15, -0.1) is 0 Å². The highest BCUT2D eigenvalue weighted by molar-refractivity contribution is 9.11. The second-order valence-electron chi connectivity index (χ2n) is 3.68. The van der Waals surface area contributed by atoms with E-state index in [2.05, 4.69) is 31.9 Å². The molecule has 0 bridgehead atoms. The monoisotopic (exact) mass is 336 g/mol. The molecular formula is C11H14Br2O2. The van der Waals surface area contributed by atoms with Crippen molar-refractivity contribution in [1.29, 1.82) is 0 Å². The van der Waals surface area contributed by atoms with E-state index in [1.54, 1.807) is 14.2 Å². The van der Waals surface area contributed by atoms with Crippen molar-refractivity contribution in [1.82, 2.24) is 0 Å². The van der Waals surface area contributed by atoms with Crippen molar-refractivity contribution in [2.24, 2.45) is 0 Å².